The van der Waals surface area contributed by atoms with E-state index < -0.39 is 6.61 Å². The predicted molar refractivity (Wildman–Crippen MR) is 113 cm³/mol. The number of aliphatic hydroxyl groups is 1. The van der Waals surface area contributed by atoms with Gasteiger partial charge in [-0.1, -0.05) is 0 Å². The topological polar surface area (TPSA) is 83.3 Å². The van der Waals surface area contributed by atoms with Crippen molar-refractivity contribution in [3.63, 3.8) is 0 Å². The number of fused-ring (bicyclic) bond motifs is 1. The fourth-order valence-electron chi connectivity index (χ4n) is 4.05. The number of hydrogen-bond donors (Lipinski definition) is 2. The minimum absolute atomic E-state index is 0.210. The molecule has 1 aromatic carbocycles. The Labute approximate surface area is 174 Å². The van der Waals surface area contributed by atoms with Crippen LogP contribution in [0.5, 0.6) is 0 Å². The summed E-state index contributed by atoms with van der Waals surface area (Å²) in [6, 6.07) is 4.91. The average molecular weight is 411 g/mol. The monoisotopic (exact) mass is 411 g/mol. The van der Waals surface area contributed by atoms with Crippen LogP contribution in [0.1, 0.15) is 28.8 Å². The van der Waals surface area contributed by atoms with Crippen LogP contribution in [0.15, 0.2) is 36.8 Å². The molecule has 0 spiro atoms. The molecule has 0 aliphatic carbocycles. The number of piperidine rings is 1. The number of halogens is 1. The van der Waals surface area contributed by atoms with Crippen molar-refractivity contribution in [2.45, 2.75) is 19.4 Å². The van der Waals surface area contributed by atoms with Crippen molar-refractivity contribution in [3.05, 3.63) is 53.7 Å². The summed E-state index contributed by atoms with van der Waals surface area (Å²) in [6.45, 7) is 2.81. The van der Waals surface area contributed by atoms with Gasteiger partial charge in [0.05, 0.1) is 5.56 Å². The Morgan fingerprint density at radius 1 is 1.27 bits per heavy atom. The number of benzene rings is 1. The number of carbonyl (C=O) groups excluding carboxylic acids is 1. The fraction of sp³-hybridized carbons (Fsp3) is 0.409. The van der Waals surface area contributed by atoms with Crippen LogP contribution in [0, 0.1) is 11.7 Å². The lowest BCUT2D eigenvalue weighted by Crippen LogP contribution is -2.38. The largest absolute Gasteiger partial charge is 0.388 e. The molecule has 158 valence electrons. The zero-order valence-electron chi connectivity index (χ0n) is 17.0. The van der Waals surface area contributed by atoms with Crippen molar-refractivity contribution in [1.82, 2.24) is 19.9 Å². The quantitative estimate of drug-likeness (QED) is 0.581. The van der Waals surface area contributed by atoms with E-state index in [1.807, 2.05) is 17.7 Å². The Balaban J connectivity index is 1.27. The zero-order chi connectivity index (χ0) is 21.1. The van der Waals surface area contributed by atoms with Crippen molar-refractivity contribution in [1.29, 1.82) is 0 Å². The first-order chi connectivity index (χ1) is 14.5. The van der Waals surface area contributed by atoms with Gasteiger partial charge in [0.1, 0.15) is 12.4 Å². The molecule has 8 heteroatoms. The average Bonchev–Trinajstić information content (AvgIpc) is 3.08. The van der Waals surface area contributed by atoms with Gasteiger partial charge in [0, 0.05) is 56.2 Å². The molecule has 0 radical (unpaired) electrons. The molecule has 0 bridgehead atoms. The Hall–Kier alpha value is -2.84. The normalized spacial score (nSPS) is 15.1. The van der Waals surface area contributed by atoms with Crippen molar-refractivity contribution in [2.24, 2.45) is 13.0 Å². The molecule has 0 amide bonds. The number of aliphatic hydroxyl groups excluding tert-OH is 1. The lowest BCUT2D eigenvalue weighted by Gasteiger charge is -2.32. The van der Waals surface area contributed by atoms with E-state index in [4.69, 9.17) is 5.11 Å². The van der Waals surface area contributed by atoms with Crippen molar-refractivity contribution < 1.29 is 14.3 Å². The Bertz CT molecular complexity index is 1030. The Morgan fingerprint density at radius 2 is 2.00 bits per heavy atom. The van der Waals surface area contributed by atoms with E-state index in [2.05, 4.69) is 26.4 Å². The molecule has 0 unspecified atom stereocenters. The molecule has 1 aliphatic heterocycles. The second kappa shape index (κ2) is 8.89. The lowest BCUT2D eigenvalue weighted by molar-refractivity contribution is 0.0903. The first-order valence-electron chi connectivity index (χ1n) is 10.2. The zero-order valence-corrected chi connectivity index (χ0v) is 17.0. The molecule has 3 aromatic rings. The molecule has 0 atom stereocenters. The molecule has 30 heavy (non-hydrogen) atoms. The Morgan fingerprint density at radius 3 is 2.70 bits per heavy atom. The van der Waals surface area contributed by atoms with Gasteiger partial charge in [0.25, 0.3) is 0 Å². The third kappa shape index (κ3) is 4.34. The maximum Gasteiger partial charge on any atom is 0.225 e. The van der Waals surface area contributed by atoms with E-state index in [0.29, 0.717) is 24.0 Å². The first kappa shape index (κ1) is 20.4. The van der Waals surface area contributed by atoms with Gasteiger partial charge in [-0.15, -0.1) is 0 Å². The van der Waals surface area contributed by atoms with Gasteiger partial charge in [-0.25, -0.2) is 14.4 Å². The SMILES string of the molecule is Cn1cc(CNCC2CCN(c3ncc(C(=O)CO)cn3)CC2)c2cc(F)ccc21. The van der Waals surface area contributed by atoms with Gasteiger partial charge in [-0.3, -0.25) is 4.79 Å². The molecule has 1 saturated heterocycles. The second-order valence-corrected chi connectivity index (χ2v) is 7.84. The molecular weight excluding hydrogens is 385 g/mol. The molecule has 2 aromatic heterocycles. The number of rotatable bonds is 7. The van der Waals surface area contributed by atoms with Crippen LogP contribution in [-0.4, -0.2) is 51.7 Å². The highest BCUT2D eigenvalue weighted by atomic mass is 19.1. The summed E-state index contributed by atoms with van der Waals surface area (Å²) in [5, 5.41) is 13.4. The molecular formula is C22H26FN5O2. The summed E-state index contributed by atoms with van der Waals surface area (Å²) >= 11 is 0. The first-order valence-corrected chi connectivity index (χ1v) is 10.2. The fourth-order valence-corrected chi connectivity index (χ4v) is 4.05. The number of aromatic nitrogens is 3. The van der Waals surface area contributed by atoms with E-state index >= 15 is 0 Å². The van der Waals surface area contributed by atoms with Gasteiger partial charge in [-0.2, -0.15) is 0 Å². The van der Waals surface area contributed by atoms with Gasteiger partial charge in [-0.05, 0) is 49.1 Å². The molecule has 1 aliphatic rings. The summed E-state index contributed by atoms with van der Waals surface area (Å²) in [5.41, 5.74) is 2.47. The van der Waals surface area contributed by atoms with E-state index in [9.17, 15) is 9.18 Å². The molecule has 0 saturated carbocycles. The third-order valence-corrected chi connectivity index (χ3v) is 5.78. The van der Waals surface area contributed by atoms with E-state index in [1.165, 1.54) is 18.5 Å². The van der Waals surface area contributed by atoms with Gasteiger partial charge >= 0.3 is 0 Å². The number of nitrogens with one attached hydrogen (secondary N) is 1. The highest BCUT2D eigenvalue weighted by Gasteiger charge is 2.21. The maximum absolute atomic E-state index is 13.6. The van der Waals surface area contributed by atoms with Crippen LogP contribution in [0.3, 0.4) is 0 Å². The smallest absolute Gasteiger partial charge is 0.225 e. The molecule has 7 nitrogen and oxygen atoms in total. The van der Waals surface area contributed by atoms with Crippen molar-refractivity contribution in [3.8, 4) is 0 Å². The van der Waals surface area contributed by atoms with Crippen LogP contribution < -0.4 is 10.2 Å². The van der Waals surface area contributed by atoms with Crippen molar-refractivity contribution >= 4 is 22.6 Å². The summed E-state index contributed by atoms with van der Waals surface area (Å²) in [7, 11) is 1.98. The second-order valence-electron chi connectivity index (χ2n) is 7.84. The van der Waals surface area contributed by atoms with Crippen LogP contribution in [0.25, 0.3) is 10.9 Å². The molecule has 4 rings (SSSR count). The van der Waals surface area contributed by atoms with Crippen LogP contribution >= 0.6 is 0 Å². The number of aryl methyl sites for hydroxylation is 1. The van der Waals surface area contributed by atoms with E-state index in [1.54, 1.807) is 6.07 Å². The van der Waals surface area contributed by atoms with Gasteiger partial charge in [0.2, 0.25) is 5.95 Å². The lowest BCUT2D eigenvalue weighted by atomic mass is 9.97. The summed E-state index contributed by atoms with van der Waals surface area (Å²) in [4.78, 5) is 22.1. The minimum atomic E-state index is -0.533. The van der Waals surface area contributed by atoms with Crippen LogP contribution in [0.4, 0.5) is 10.3 Å². The number of hydrogen-bond acceptors (Lipinski definition) is 6. The van der Waals surface area contributed by atoms with E-state index in [0.717, 1.165) is 48.9 Å². The molecule has 3 heterocycles. The minimum Gasteiger partial charge on any atom is -0.388 e. The number of carbonyl (C=O) groups is 1. The molecule has 2 N–H and O–H groups in total. The van der Waals surface area contributed by atoms with Crippen molar-refractivity contribution in [2.75, 3.05) is 31.1 Å². The number of nitrogens with zero attached hydrogens (tertiary/aromatic N) is 4. The molecule has 1 fully saturated rings. The standard InChI is InChI=1S/C22H26FN5O2/c1-27-13-17(19-8-18(23)2-3-20(19)27)10-24-9-15-4-6-28(7-5-15)22-25-11-16(12-26-22)21(30)14-29/h2-3,8,11-13,15,24,29H,4-7,9-10,14H2,1H3. The predicted octanol–water partition coefficient (Wildman–Crippen LogP) is 2.29. The summed E-state index contributed by atoms with van der Waals surface area (Å²) in [5.74, 6) is 0.593. The number of Topliss-reactive ketones (excluding diaryl/α,β-unsaturated/α-hetero) is 1. The van der Waals surface area contributed by atoms with E-state index in [-0.39, 0.29) is 11.6 Å². The number of anilines is 1. The third-order valence-electron chi connectivity index (χ3n) is 5.78. The summed E-state index contributed by atoms with van der Waals surface area (Å²) in [6.07, 6.45) is 7.06. The highest BCUT2D eigenvalue weighted by molar-refractivity contribution is 5.96. The van der Waals surface area contributed by atoms with Crippen LogP contribution in [-0.2, 0) is 13.6 Å². The maximum atomic E-state index is 13.6. The van der Waals surface area contributed by atoms with Gasteiger partial charge < -0.3 is 19.9 Å². The Kier molecular flexibility index (Phi) is 6.06. The van der Waals surface area contributed by atoms with Crippen LogP contribution in [0.2, 0.25) is 0 Å². The number of ketones is 1. The summed E-state index contributed by atoms with van der Waals surface area (Å²) < 4.78 is 15.7. The van der Waals surface area contributed by atoms with Gasteiger partial charge in [0.15, 0.2) is 5.78 Å². The highest BCUT2D eigenvalue weighted by Crippen LogP contribution is 2.23.